The average Bonchev–Trinajstić information content (AvgIpc) is 2.64. The molecule has 4 N–H and O–H groups in total. The monoisotopic (exact) mass is 318 g/mol. The molecule has 0 aliphatic carbocycles. The lowest BCUT2D eigenvalue weighted by Crippen LogP contribution is -2.41. The summed E-state index contributed by atoms with van der Waals surface area (Å²) < 4.78 is 11.2. The quantitative estimate of drug-likeness (QED) is 0.512. The minimum atomic E-state index is -1.30. The Morgan fingerprint density at radius 2 is 1.77 bits per heavy atom. The largest absolute Gasteiger partial charge is 0.394 e. The molecule has 5 unspecified atom stereocenters. The van der Waals surface area contributed by atoms with Crippen molar-refractivity contribution in [2.75, 3.05) is 6.61 Å². The highest BCUT2D eigenvalue weighted by atomic mass is 16.7. The molecule has 5 atom stereocenters. The van der Waals surface area contributed by atoms with Gasteiger partial charge in [0, 0.05) is 0 Å². The molecular formula is C16H30O6. The maximum atomic E-state index is 10.0. The molecule has 0 aromatic rings. The van der Waals surface area contributed by atoms with E-state index >= 15 is 0 Å². The van der Waals surface area contributed by atoms with Crippen molar-refractivity contribution in [3.63, 3.8) is 0 Å². The Morgan fingerprint density at radius 3 is 2.27 bits per heavy atom. The first kappa shape index (κ1) is 19.5. The van der Waals surface area contributed by atoms with Crippen LogP contribution in [0.5, 0.6) is 0 Å². The van der Waals surface area contributed by atoms with Crippen LogP contribution >= 0.6 is 0 Å². The van der Waals surface area contributed by atoms with Gasteiger partial charge in [-0.05, 0) is 32.6 Å². The van der Waals surface area contributed by atoms with Gasteiger partial charge in [-0.25, -0.2) is 0 Å². The lowest BCUT2D eigenvalue weighted by Gasteiger charge is -2.35. The molecule has 1 aliphatic heterocycles. The van der Waals surface area contributed by atoms with Crippen LogP contribution in [0.3, 0.4) is 0 Å². The first-order valence-corrected chi connectivity index (χ1v) is 7.65. The Hall–Kier alpha value is -0.500. The number of ether oxygens (including phenoxy) is 2. The van der Waals surface area contributed by atoms with Gasteiger partial charge in [-0.1, -0.05) is 26.0 Å². The molecule has 1 heterocycles. The summed E-state index contributed by atoms with van der Waals surface area (Å²) in [6.07, 6.45) is -1.20. The fourth-order valence-electron chi connectivity index (χ4n) is 3.15. The van der Waals surface area contributed by atoms with Gasteiger partial charge >= 0.3 is 0 Å². The van der Waals surface area contributed by atoms with Crippen LogP contribution in [0.4, 0.5) is 0 Å². The van der Waals surface area contributed by atoms with Gasteiger partial charge in [0.05, 0.1) is 12.2 Å². The summed E-state index contributed by atoms with van der Waals surface area (Å²) in [4.78, 5) is 0. The fraction of sp³-hybridized carbons (Fsp3) is 0.875. The minimum Gasteiger partial charge on any atom is -0.394 e. The van der Waals surface area contributed by atoms with Crippen LogP contribution in [0.15, 0.2) is 12.2 Å². The van der Waals surface area contributed by atoms with Crippen LogP contribution in [-0.4, -0.2) is 63.3 Å². The van der Waals surface area contributed by atoms with E-state index in [-0.39, 0.29) is 5.41 Å². The highest BCUT2D eigenvalue weighted by Crippen LogP contribution is 2.35. The molecule has 0 spiro atoms. The number of aliphatic hydroxyl groups excluding tert-OH is 4. The topological polar surface area (TPSA) is 99.4 Å². The van der Waals surface area contributed by atoms with E-state index in [4.69, 9.17) is 14.6 Å². The van der Waals surface area contributed by atoms with Crippen LogP contribution in [0.2, 0.25) is 0 Å². The Morgan fingerprint density at radius 1 is 1.18 bits per heavy atom. The van der Waals surface area contributed by atoms with Gasteiger partial charge in [0.2, 0.25) is 0 Å². The standard InChI is InChI=1S/C16H30O6/c1-6-7-15(2,3)9-16(4,5)22-14-12(20)11(19)13(21-14)10(18)8-17/h6-7,10-14,17-20H,8-9H2,1-5H3/b7-6+. The lowest BCUT2D eigenvalue weighted by atomic mass is 9.81. The molecule has 6 nitrogen and oxygen atoms in total. The Bertz CT molecular complexity index is 379. The Labute approximate surface area is 132 Å². The van der Waals surface area contributed by atoms with Crippen molar-refractivity contribution >= 4 is 0 Å². The molecule has 130 valence electrons. The van der Waals surface area contributed by atoms with E-state index < -0.39 is 42.9 Å². The number of hydrogen-bond acceptors (Lipinski definition) is 6. The molecule has 1 fully saturated rings. The second-order valence-electron chi connectivity index (χ2n) is 7.24. The number of aliphatic hydroxyl groups is 4. The van der Waals surface area contributed by atoms with Crippen molar-refractivity contribution in [3.05, 3.63) is 12.2 Å². The average molecular weight is 318 g/mol. The Kier molecular flexibility index (Phi) is 6.56. The first-order chi connectivity index (χ1) is 10.0. The van der Waals surface area contributed by atoms with Gasteiger partial charge in [-0.2, -0.15) is 0 Å². The molecule has 0 aromatic heterocycles. The summed E-state index contributed by atoms with van der Waals surface area (Å²) in [5.74, 6) is 0. The highest BCUT2D eigenvalue weighted by Gasteiger charge is 2.48. The lowest BCUT2D eigenvalue weighted by molar-refractivity contribution is -0.231. The van der Waals surface area contributed by atoms with Gasteiger partial charge in [0.15, 0.2) is 6.29 Å². The third kappa shape index (κ3) is 5.01. The molecule has 0 aromatic carbocycles. The molecular weight excluding hydrogens is 288 g/mol. The van der Waals surface area contributed by atoms with Crippen molar-refractivity contribution in [2.24, 2.45) is 5.41 Å². The zero-order chi connectivity index (χ0) is 17.1. The molecule has 1 saturated heterocycles. The summed E-state index contributed by atoms with van der Waals surface area (Å²) in [5.41, 5.74) is -0.697. The predicted octanol–water partition coefficient (Wildman–Crippen LogP) is 0.574. The molecule has 0 saturated carbocycles. The van der Waals surface area contributed by atoms with Crippen LogP contribution in [0, 0.1) is 5.41 Å². The summed E-state index contributed by atoms with van der Waals surface area (Å²) in [7, 11) is 0. The van der Waals surface area contributed by atoms with Crippen LogP contribution < -0.4 is 0 Å². The van der Waals surface area contributed by atoms with Crippen molar-refractivity contribution in [1.29, 1.82) is 0 Å². The maximum Gasteiger partial charge on any atom is 0.187 e. The number of hydrogen-bond donors (Lipinski definition) is 4. The summed E-state index contributed by atoms with van der Waals surface area (Å²) >= 11 is 0. The van der Waals surface area contributed by atoms with Crippen LogP contribution in [0.25, 0.3) is 0 Å². The van der Waals surface area contributed by atoms with E-state index in [1.807, 2.05) is 26.8 Å². The summed E-state index contributed by atoms with van der Waals surface area (Å²) in [6, 6.07) is 0. The number of rotatable bonds is 7. The SMILES string of the molecule is C/C=C/C(C)(C)CC(C)(C)OC1OC(C(O)CO)C(O)C1O. The maximum absolute atomic E-state index is 10.0. The van der Waals surface area contributed by atoms with E-state index in [9.17, 15) is 15.3 Å². The van der Waals surface area contributed by atoms with Crippen molar-refractivity contribution in [3.8, 4) is 0 Å². The molecule has 22 heavy (non-hydrogen) atoms. The van der Waals surface area contributed by atoms with Gasteiger partial charge in [-0.15, -0.1) is 0 Å². The molecule has 0 radical (unpaired) electrons. The molecule has 1 aliphatic rings. The van der Waals surface area contributed by atoms with Gasteiger partial charge in [-0.3, -0.25) is 0 Å². The van der Waals surface area contributed by atoms with E-state index in [0.29, 0.717) is 6.42 Å². The van der Waals surface area contributed by atoms with E-state index in [1.165, 1.54) is 0 Å². The zero-order valence-corrected chi connectivity index (χ0v) is 14.1. The first-order valence-electron chi connectivity index (χ1n) is 7.65. The smallest absolute Gasteiger partial charge is 0.187 e. The highest BCUT2D eigenvalue weighted by molar-refractivity contribution is 4.97. The van der Waals surface area contributed by atoms with Gasteiger partial charge < -0.3 is 29.9 Å². The van der Waals surface area contributed by atoms with Crippen molar-refractivity contribution < 1.29 is 29.9 Å². The third-order valence-electron chi connectivity index (χ3n) is 3.76. The fourth-order valence-corrected chi connectivity index (χ4v) is 3.15. The molecule has 0 bridgehead atoms. The van der Waals surface area contributed by atoms with Crippen molar-refractivity contribution in [2.45, 2.75) is 77.3 Å². The van der Waals surface area contributed by atoms with Crippen LogP contribution in [0.1, 0.15) is 41.0 Å². The van der Waals surface area contributed by atoms with E-state index in [0.717, 1.165) is 0 Å². The molecule has 1 rings (SSSR count). The van der Waals surface area contributed by atoms with E-state index in [1.54, 1.807) is 0 Å². The normalized spacial score (nSPS) is 31.9. The number of allylic oxidation sites excluding steroid dienone is 2. The zero-order valence-electron chi connectivity index (χ0n) is 14.1. The van der Waals surface area contributed by atoms with Gasteiger partial charge in [0.1, 0.15) is 24.4 Å². The predicted molar refractivity (Wildman–Crippen MR) is 82.1 cm³/mol. The second-order valence-corrected chi connectivity index (χ2v) is 7.24. The van der Waals surface area contributed by atoms with Gasteiger partial charge in [0.25, 0.3) is 0 Å². The van der Waals surface area contributed by atoms with Crippen LogP contribution in [-0.2, 0) is 9.47 Å². The van der Waals surface area contributed by atoms with E-state index in [2.05, 4.69) is 19.9 Å². The summed E-state index contributed by atoms with van der Waals surface area (Å²) in [5, 5.41) is 38.5. The van der Waals surface area contributed by atoms with Crippen molar-refractivity contribution in [1.82, 2.24) is 0 Å². The minimum absolute atomic E-state index is 0.0928. The summed E-state index contributed by atoms with van der Waals surface area (Å²) in [6.45, 7) is 9.33. The second kappa shape index (κ2) is 7.38. The molecule has 6 heteroatoms. The third-order valence-corrected chi connectivity index (χ3v) is 3.76. The molecule has 0 amide bonds. The Balaban J connectivity index is 2.73.